The molecule has 7 aromatic rings. The summed E-state index contributed by atoms with van der Waals surface area (Å²) in [4.78, 5) is 10.1. The number of pyridine rings is 1. The van der Waals surface area contributed by atoms with E-state index in [1.54, 1.807) is 0 Å². The molecule has 0 bridgehead atoms. The number of para-hydroxylation sites is 1. The van der Waals surface area contributed by atoms with E-state index in [4.69, 9.17) is 14.4 Å². The normalized spacial score (nSPS) is 12.9. The molecule has 8 rings (SSSR count). The predicted molar refractivity (Wildman–Crippen MR) is 207 cm³/mol. The molecule has 1 N–H and O–H groups in total. The van der Waals surface area contributed by atoms with E-state index in [9.17, 15) is 5.11 Å². The maximum atomic E-state index is 11.6. The number of aromatic nitrogens is 2. The fraction of sp³-hybridized carbons (Fsp3) is 0.261. The Kier molecular flexibility index (Phi) is 7.14. The van der Waals surface area contributed by atoms with E-state index >= 15 is 0 Å². The van der Waals surface area contributed by atoms with E-state index < -0.39 is 0 Å². The second kappa shape index (κ2) is 11.1. The van der Waals surface area contributed by atoms with Crippen LogP contribution in [-0.4, -0.2) is 15.1 Å². The van der Waals surface area contributed by atoms with Gasteiger partial charge in [0.2, 0.25) is 5.89 Å². The fourth-order valence-corrected chi connectivity index (χ4v) is 7.94. The van der Waals surface area contributed by atoms with Crippen molar-refractivity contribution in [3.8, 4) is 50.6 Å². The summed E-state index contributed by atoms with van der Waals surface area (Å²) in [5.74, 6) is 0.645. The molecule has 50 heavy (non-hydrogen) atoms. The number of phenolic OH excluding ortho intramolecular Hbond substituents is 1. The molecule has 4 heteroatoms. The number of nitrogens with zero attached hydrogens (tertiary/aromatic N) is 2. The summed E-state index contributed by atoms with van der Waals surface area (Å²) >= 11 is 0. The molecule has 0 aliphatic heterocycles. The van der Waals surface area contributed by atoms with Gasteiger partial charge in [-0.3, -0.25) is 4.98 Å². The van der Waals surface area contributed by atoms with Crippen LogP contribution in [0.1, 0.15) is 80.5 Å². The summed E-state index contributed by atoms with van der Waals surface area (Å²) in [6.45, 7) is 19.6. The van der Waals surface area contributed by atoms with Crippen LogP contribution in [0.15, 0.2) is 89.5 Å². The molecule has 0 saturated carbocycles. The van der Waals surface area contributed by atoms with E-state index in [2.05, 4.69) is 123 Å². The zero-order valence-electron chi connectivity index (χ0n) is 30.5. The summed E-state index contributed by atoms with van der Waals surface area (Å²) in [6, 6.07) is 28.0. The van der Waals surface area contributed by atoms with Crippen LogP contribution >= 0.6 is 0 Å². The Balaban J connectivity index is 1.28. The van der Waals surface area contributed by atoms with Gasteiger partial charge in [-0.2, -0.15) is 0 Å². The highest BCUT2D eigenvalue weighted by Gasteiger charge is 2.28. The van der Waals surface area contributed by atoms with Gasteiger partial charge < -0.3 is 9.52 Å². The van der Waals surface area contributed by atoms with Crippen LogP contribution < -0.4 is 0 Å². The van der Waals surface area contributed by atoms with Gasteiger partial charge in [0.25, 0.3) is 0 Å². The third-order valence-electron chi connectivity index (χ3n) is 10.4. The quantitative estimate of drug-likeness (QED) is 0.206. The molecule has 2 heterocycles. The van der Waals surface area contributed by atoms with E-state index in [1.165, 1.54) is 44.3 Å². The summed E-state index contributed by atoms with van der Waals surface area (Å²) in [5.41, 5.74) is 18.3. The van der Waals surface area contributed by atoms with Crippen molar-refractivity contribution >= 4 is 22.0 Å². The van der Waals surface area contributed by atoms with Crippen LogP contribution in [0.25, 0.3) is 66.8 Å². The first-order valence-electron chi connectivity index (χ1n) is 17.6. The van der Waals surface area contributed by atoms with Crippen LogP contribution in [0.4, 0.5) is 0 Å². The lowest BCUT2D eigenvalue weighted by molar-refractivity contribution is 0.444. The van der Waals surface area contributed by atoms with Crippen molar-refractivity contribution in [3.63, 3.8) is 0 Å². The van der Waals surface area contributed by atoms with Gasteiger partial charge in [0, 0.05) is 28.3 Å². The molecule has 250 valence electrons. The maximum Gasteiger partial charge on any atom is 0.231 e. The summed E-state index contributed by atoms with van der Waals surface area (Å²) < 4.78 is 6.43. The first-order chi connectivity index (χ1) is 23.7. The highest BCUT2D eigenvalue weighted by atomic mass is 16.3. The first kappa shape index (κ1) is 32.0. The Bertz CT molecular complexity index is 2520. The Morgan fingerprint density at radius 2 is 1.38 bits per heavy atom. The van der Waals surface area contributed by atoms with Crippen molar-refractivity contribution in [1.82, 2.24) is 9.97 Å². The molecule has 0 saturated heterocycles. The van der Waals surface area contributed by atoms with Gasteiger partial charge in [0.1, 0.15) is 11.3 Å². The average Bonchev–Trinajstić information content (AvgIpc) is 3.49. The highest BCUT2D eigenvalue weighted by Crippen LogP contribution is 2.47. The number of fused-ring (bicyclic) bond motifs is 3. The first-order valence-corrected chi connectivity index (χ1v) is 17.6. The Hall–Kier alpha value is -5.22. The molecule has 0 spiro atoms. The largest absolute Gasteiger partial charge is 0.507 e. The Labute approximate surface area is 294 Å². The van der Waals surface area contributed by atoms with Crippen molar-refractivity contribution in [2.45, 2.75) is 79.6 Å². The second-order valence-corrected chi connectivity index (χ2v) is 16.3. The molecular weight excluding hydrogens is 613 g/mol. The van der Waals surface area contributed by atoms with Gasteiger partial charge in [-0.25, -0.2) is 4.98 Å². The highest BCUT2D eigenvalue weighted by molar-refractivity contribution is 6.08. The van der Waals surface area contributed by atoms with Crippen molar-refractivity contribution in [2.75, 3.05) is 0 Å². The Morgan fingerprint density at radius 1 is 0.660 bits per heavy atom. The molecule has 4 nitrogen and oxygen atoms in total. The van der Waals surface area contributed by atoms with Gasteiger partial charge in [-0.15, -0.1) is 0 Å². The molecule has 1 aliphatic rings. The zero-order valence-corrected chi connectivity index (χ0v) is 30.5. The summed E-state index contributed by atoms with van der Waals surface area (Å²) in [7, 11) is 0. The minimum Gasteiger partial charge on any atom is -0.507 e. The summed E-state index contributed by atoms with van der Waals surface area (Å²) in [5, 5.41) is 12.9. The number of aryl methyl sites for hydroxylation is 3. The predicted octanol–water partition coefficient (Wildman–Crippen LogP) is 12.2. The van der Waals surface area contributed by atoms with E-state index in [0.717, 1.165) is 50.8 Å². The van der Waals surface area contributed by atoms with E-state index in [-0.39, 0.29) is 16.6 Å². The number of aromatic hydroxyl groups is 1. The number of rotatable bonds is 3. The summed E-state index contributed by atoms with van der Waals surface area (Å²) in [6.07, 6.45) is 2.87. The van der Waals surface area contributed by atoms with Crippen LogP contribution in [0.5, 0.6) is 5.75 Å². The lowest BCUT2D eigenvalue weighted by Crippen LogP contribution is -2.17. The molecular formula is C46H44N2O2. The topological polar surface area (TPSA) is 59.2 Å². The fourth-order valence-electron chi connectivity index (χ4n) is 7.94. The van der Waals surface area contributed by atoms with Crippen molar-refractivity contribution in [1.29, 1.82) is 0 Å². The van der Waals surface area contributed by atoms with E-state index in [0.29, 0.717) is 17.0 Å². The van der Waals surface area contributed by atoms with Gasteiger partial charge in [-0.05, 0) is 118 Å². The smallest absolute Gasteiger partial charge is 0.231 e. The lowest BCUT2D eigenvalue weighted by atomic mass is 9.79. The molecule has 0 unspecified atom stereocenters. The minimum absolute atomic E-state index is 0.115. The number of oxazole rings is 1. The SMILES string of the molecule is Cc1cc(C)c2c(c1)Cc1ccnc3c(-c4cccc(-c5cccc6oc(-c7cc(C(C)(C)C)cc(C(C)(C)C)c7O)nc56)c4)cc(C)c-2c13. The van der Waals surface area contributed by atoms with Crippen LogP contribution in [0.2, 0.25) is 0 Å². The third kappa shape index (κ3) is 5.12. The molecule has 0 fully saturated rings. The Morgan fingerprint density at radius 3 is 2.12 bits per heavy atom. The molecule has 0 amide bonds. The van der Waals surface area contributed by atoms with Gasteiger partial charge >= 0.3 is 0 Å². The van der Waals surface area contributed by atoms with Gasteiger partial charge in [0.15, 0.2) is 5.58 Å². The molecule has 5 aromatic carbocycles. The third-order valence-corrected chi connectivity index (χ3v) is 10.4. The van der Waals surface area contributed by atoms with Crippen molar-refractivity contribution in [3.05, 3.63) is 124 Å². The number of phenols is 1. The average molecular weight is 657 g/mol. The monoisotopic (exact) mass is 656 g/mol. The van der Waals surface area contributed by atoms with Crippen LogP contribution in [0.3, 0.4) is 0 Å². The van der Waals surface area contributed by atoms with Gasteiger partial charge in [0.05, 0.1) is 11.1 Å². The maximum absolute atomic E-state index is 11.6. The minimum atomic E-state index is -0.256. The zero-order chi connectivity index (χ0) is 35.3. The lowest BCUT2D eigenvalue weighted by Gasteiger charge is -2.27. The molecule has 0 atom stereocenters. The molecule has 0 radical (unpaired) electrons. The van der Waals surface area contributed by atoms with Crippen LogP contribution in [0, 0.1) is 20.8 Å². The van der Waals surface area contributed by atoms with E-state index in [1.807, 2.05) is 24.4 Å². The standard InChI is InChI=1S/C46H44N2O2/c1-25-18-26(2)38-31(19-25)22-30-16-17-47-42-34(20-27(3)39(38)40(30)42)29-13-10-12-28(21-29)33-14-11-15-37-41(33)48-44(50-37)35-23-32(45(4,5)6)24-36(43(35)49)46(7,8)9/h10-21,23-24,49H,22H2,1-9H3. The van der Waals surface area contributed by atoms with Gasteiger partial charge in [-0.1, -0.05) is 95.6 Å². The van der Waals surface area contributed by atoms with Crippen molar-refractivity contribution in [2.24, 2.45) is 0 Å². The number of benzene rings is 5. The molecule has 1 aliphatic carbocycles. The number of hydrogen-bond donors (Lipinski definition) is 1. The van der Waals surface area contributed by atoms with Crippen LogP contribution in [-0.2, 0) is 17.3 Å². The second-order valence-electron chi connectivity index (χ2n) is 16.3. The number of hydrogen-bond acceptors (Lipinski definition) is 4. The van der Waals surface area contributed by atoms with Crippen molar-refractivity contribution < 1.29 is 9.52 Å². The molecule has 2 aromatic heterocycles.